The van der Waals surface area contributed by atoms with Crippen LogP contribution in [0, 0.1) is 0 Å². The fourth-order valence-corrected chi connectivity index (χ4v) is 2.79. The first-order chi connectivity index (χ1) is 14.4. The summed E-state index contributed by atoms with van der Waals surface area (Å²) in [5.41, 5.74) is 2.00. The van der Waals surface area contributed by atoms with E-state index in [0.717, 1.165) is 10.5 Å². The zero-order valence-corrected chi connectivity index (χ0v) is 17.5. The molecule has 30 heavy (non-hydrogen) atoms. The molecule has 8 heteroatoms. The van der Waals surface area contributed by atoms with Gasteiger partial charge in [-0.25, -0.2) is 4.79 Å². The second-order valence-corrected chi connectivity index (χ2v) is 6.70. The first-order valence-electron chi connectivity index (χ1n) is 9.66. The minimum atomic E-state index is -0.402. The van der Waals surface area contributed by atoms with Crippen molar-refractivity contribution in [2.75, 3.05) is 39.2 Å². The lowest BCUT2D eigenvalue weighted by Crippen LogP contribution is -3.13. The number of benzene rings is 2. The number of carbonyl (C=O) groups is 3. The van der Waals surface area contributed by atoms with Crippen molar-refractivity contribution in [2.24, 2.45) is 0 Å². The smallest absolute Gasteiger partial charge is 0.337 e. The number of amides is 2. The Kier molecular flexibility index (Phi) is 8.83. The van der Waals surface area contributed by atoms with Crippen molar-refractivity contribution in [3.8, 4) is 5.75 Å². The monoisotopic (exact) mass is 414 g/mol. The van der Waals surface area contributed by atoms with Gasteiger partial charge >= 0.3 is 5.97 Å². The first-order valence-corrected chi connectivity index (χ1v) is 9.66. The fraction of sp³-hybridized carbons (Fsp3) is 0.318. The Morgan fingerprint density at radius 1 is 0.900 bits per heavy atom. The molecule has 0 bridgehead atoms. The molecule has 1 unspecified atom stereocenters. The largest absolute Gasteiger partial charge is 0.497 e. The van der Waals surface area contributed by atoms with Crippen molar-refractivity contribution in [2.45, 2.75) is 13.5 Å². The molecule has 1 atom stereocenters. The summed E-state index contributed by atoms with van der Waals surface area (Å²) in [6, 6.07) is 13.9. The van der Waals surface area contributed by atoms with Crippen LogP contribution in [0.5, 0.6) is 5.75 Å². The van der Waals surface area contributed by atoms with Gasteiger partial charge in [-0.05, 0) is 48.9 Å². The molecule has 0 saturated carbocycles. The normalized spacial score (nSPS) is 11.3. The van der Waals surface area contributed by atoms with Gasteiger partial charge in [0, 0.05) is 12.2 Å². The molecular formula is C22H28N3O5+. The Labute approximate surface area is 176 Å². The van der Waals surface area contributed by atoms with Crippen molar-refractivity contribution in [1.29, 1.82) is 0 Å². The standard InChI is InChI=1S/C22H27N3O5/c1-4-25(15-21(27)24-18-9-11-19(29-2)12-10-18)14-20(26)23-13-16-5-7-17(8-6-16)22(28)30-3/h5-12H,4,13-15H2,1-3H3,(H,23,26)(H,24,27)/p+1. The highest BCUT2D eigenvalue weighted by Gasteiger charge is 2.17. The quantitative estimate of drug-likeness (QED) is 0.496. The maximum absolute atomic E-state index is 12.3. The fourth-order valence-electron chi connectivity index (χ4n) is 2.79. The number of methoxy groups -OCH3 is 2. The molecule has 0 aromatic heterocycles. The molecule has 0 heterocycles. The van der Waals surface area contributed by atoms with Gasteiger partial charge in [0.15, 0.2) is 13.1 Å². The van der Waals surface area contributed by atoms with Crippen LogP contribution in [0.1, 0.15) is 22.8 Å². The van der Waals surface area contributed by atoms with Crippen LogP contribution < -0.4 is 20.3 Å². The zero-order chi connectivity index (χ0) is 21.9. The van der Waals surface area contributed by atoms with Crippen LogP contribution in [0.2, 0.25) is 0 Å². The molecule has 3 N–H and O–H groups in total. The van der Waals surface area contributed by atoms with E-state index in [0.29, 0.717) is 30.1 Å². The maximum atomic E-state index is 12.3. The summed E-state index contributed by atoms with van der Waals surface area (Å²) < 4.78 is 9.75. The molecule has 160 valence electrons. The number of esters is 1. The highest BCUT2D eigenvalue weighted by molar-refractivity contribution is 5.91. The van der Waals surface area contributed by atoms with Gasteiger partial charge in [0.25, 0.3) is 11.8 Å². The van der Waals surface area contributed by atoms with Gasteiger partial charge in [-0.1, -0.05) is 12.1 Å². The van der Waals surface area contributed by atoms with Gasteiger partial charge in [0.2, 0.25) is 0 Å². The van der Waals surface area contributed by atoms with Crippen LogP contribution in [-0.4, -0.2) is 51.6 Å². The van der Waals surface area contributed by atoms with Crippen molar-refractivity contribution in [1.82, 2.24) is 5.32 Å². The molecule has 2 rings (SSSR count). The number of nitrogens with one attached hydrogen (secondary N) is 3. The Morgan fingerprint density at radius 2 is 1.53 bits per heavy atom. The average Bonchev–Trinajstić information content (AvgIpc) is 2.77. The van der Waals surface area contributed by atoms with Crippen LogP contribution in [0.4, 0.5) is 5.69 Å². The highest BCUT2D eigenvalue weighted by Crippen LogP contribution is 2.14. The zero-order valence-electron chi connectivity index (χ0n) is 17.5. The van der Waals surface area contributed by atoms with E-state index in [1.807, 2.05) is 6.92 Å². The van der Waals surface area contributed by atoms with Crippen molar-refractivity contribution >= 4 is 23.5 Å². The van der Waals surface area contributed by atoms with Gasteiger partial charge in [0.1, 0.15) is 5.75 Å². The molecular weight excluding hydrogens is 386 g/mol. The third kappa shape index (κ3) is 7.21. The van der Waals surface area contributed by atoms with Gasteiger partial charge in [-0.2, -0.15) is 0 Å². The van der Waals surface area contributed by atoms with Crippen molar-refractivity contribution in [3.63, 3.8) is 0 Å². The molecule has 2 aromatic carbocycles. The number of anilines is 1. The van der Waals surface area contributed by atoms with Crippen LogP contribution >= 0.6 is 0 Å². The lowest BCUT2D eigenvalue weighted by atomic mass is 10.1. The summed E-state index contributed by atoms with van der Waals surface area (Å²) >= 11 is 0. The SMILES string of the molecule is CC[NH+](CC(=O)NCc1ccc(C(=O)OC)cc1)CC(=O)Nc1ccc(OC)cc1. The second kappa shape index (κ2) is 11.6. The topological polar surface area (TPSA) is 98.2 Å². The number of rotatable bonds is 10. The van der Waals surface area contributed by atoms with Gasteiger partial charge in [-0.3, -0.25) is 9.59 Å². The molecule has 0 aliphatic carbocycles. The summed E-state index contributed by atoms with van der Waals surface area (Å²) in [6.07, 6.45) is 0. The predicted octanol–water partition coefficient (Wildman–Crippen LogP) is 0.642. The van der Waals surface area contributed by atoms with Gasteiger partial charge < -0.3 is 25.0 Å². The Morgan fingerprint density at radius 3 is 2.10 bits per heavy atom. The van der Waals surface area contributed by atoms with E-state index >= 15 is 0 Å². The predicted molar refractivity (Wildman–Crippen MR) is 112 cm³/mol. The van der Waals surface area contributed by atoms with E-state index in [-0.39, 0.29) is 24.9 Å². The summed E-state index contributed by atoms with van der Waals surface area (Å²) in [4.78, 5) is 36.8. The van der Waals surface area contributed by atoms with Gasteiger partial charge in [-0.15, -0.1) is 0 Å². The molecule has 2 amide bonds. The van der Waals surface area contributed by atoms with E-state index in [9.17, 15) is 14.4 Å². The Bertz CT molecular complexity index is 850. The Balaban J connectivity index is 1.79. The second-order valence-electron chi connectivity index (χ2n) is 6.70. The van der Waals surface area contributed by atoms with E-state index < -0.39 is 5.97 Å². The number of ether oxygens (including phenoxy) is 2. The molecule has 0 aliphatic rings. The third-order valence-corrected chi connectivity index (χ3v) is 4.56. The lowest BCUT2D eigenvalue weighted by molar-refractivity contribution is -0.881. The van der Waals surface area contributed by atoms with E-state index in [1.54, 1.807) is 55.6 Å². The van der Waals surface area contributed by atoms with E-state index in [2.05, 4.69) is 15.4 Å². The number of quaternary nitrogens is 1. The molecule has 0 fully saturated rings. The average molecular weight is 414 g/mol. The van der Waals surface area contributed by atoms with Crippen molar-refractivity contribution < 1.29 is 28.8 Å². The molecule has 0 radical (unpaired) electrons. The number of carbonyl (C=O) groups excluding carboxylic acids is 3. The lowest BCUT2D eigenvalue weighted by Gasteiger charge is -2.17. The van der Waals surface area contributed by atoms with Crippen LogP contribution in [0.3, 0.4) is 0 Å². The van der Waals surface area contributed by atoms with Crippen LogP contribution in [-0.2, 0) is 20.9 Å². The highest BCUT2D eigenvalue weighted by atomic mass is 16.5. The third-order valence-electron chi connectivity index (χ3n) is 4.56. The molecule has 8 nitrogen and oxygen atoms in total. The van der Waals surface area contributed by atoms with E-state index in [1.165, 1.54) is 7.11 Å². The van der Waals surface area contributed by atoms with Crippen LogP contribution in [0.15, 0.2) is 48.5 Å². The molecule has 0 spiro atoms. The van der Waals surface area contributed by atoms with Crippen molar-refractivity contribution in [3.05, 3.63) is 59.7 Å². The summed E-state index contributed by atoms with van der Waals surface area (Å²) in [7, 11) is 2.91. The maximum Gasteiger partial charge on any atom is 0.337 e. The number of hydrogen-bond donors (Lipinski definition) is 3. The molecule has 2 aromatic rings. The number of hydrogen-bond acceptors (Lipinski definition) is 5. The Hall–Kier alpha value is -3.39. The molecule has 0 saturated heterocycles. The van der Waals surface area contributed by atoms with E-state index in [4.69, 9.17) is 4.74 Å². The minimum absolute atomic E-state index is 0.152. The number of likely N-dealkylation sites (N-methyl/N-ethyl adjacent to an activating group) is 1. The summed E-state index contributed by atoms with van der Waals surface area (Å²) in [6.45, 7) is 3.28. The minimum Gasteiger partial charge on any atom is -0.497 e. The summed E-state index contributed by atoms with van der Waals surface area (Å²) in [5, 5.41) is 5.66. The van der Waals surface area contributed by atoms with Crippen LogP contribution in [0.25, 0.3) is 0 Å². The first kappa shape index (κ1) is 22.9. The summed E-state index contributed by atoms with van der Waals surface area (Å²) in [5.74, 6) is -0.00420. The van der Waals surface area contributed by atoms with Gasteiger partial charge in [0.05, 0.1) is 26.3 Å². The molecule has 0 aliphatic heterocycles.